The van der Waals surface area contributed by atoms with Crippen LogP contribution < -0.4 is 21.3 Å². The summed E-state index contributed by atoms with van der Waals surface area (Å²) in [4.78, 5) is 83.1. The van der Waals surface area contributed by atoms with Crippen LogP contribution in [0.25, 0.3) is 11.1 Å². The quantitative estimate of drug-likeness (QED) is 0.0645. The van der Waals surface area contributed by atoms with Gasteiger partial charge in [-0.2, -0.15) is 0 Å². The largest absolute Gasteiger partial charge is 0.480 e. The molecule has 0 saturated heterocycles. The predicted molar refractivity (Wildman–Crippen MR) is 256 cm³/mol. The Bertz CT molecular complexity index is 2100. The van der Waals surface area contributed by atoms with Gasteiger partial charge >= 0.3 is 12.1 Å². The number of carboxylic acid groups (broad SMARTS) is 1. The highest BCUT2D eigenvalue weighted by molar-refractivity contribution is 6.74. The van der Waals surface area contributed by atoms with Gasteiger partial charge in [0.25, 0.3) is 0 Å². The lowest BCUT2D eigenvalue weighted by atomic mass is 9.96. The van der Waals surface area contributed by atoms with Gasteiger partial charge in [0.1, 0.15) is 37.3 Å². The third-order valence-electron chi connectivity index (χ3n) is 12.7. The van der Waals surface area contributed by atoms with Gasteiger partial charge in [0.2, 0.25) is 23.6 Å². The minimum atomic E-state index is -2.52. The van der Waals surface area contributed by atoms with Crippen LogP contribution >= 0.6 is 0 Å². The molecule has 4 rings (SSSR count). The number of fused-ring (bicyclic) bond motifs is 3. The Hall–Kier alpha value is -5.58. The number of aliphatic carboxylic acids is 1. The molecule has 15 nitrogen and oxygen atoms in total. The topological polar surface area (TPSA) is 202 Å². The zero-order valence-electron chi connectivity index (χ0n) is 40.4. The summed E-state index contributed by atoms with van der Waals surface area (Å²) in [5, 5.41) is 19.8. The van der Waals surface area contributed by atoms with E-state index in [0.717, 1.165) is 27.8 Å². The highest BCUT2D eigenvalue weighted by atomic mass is 28.4. The first-order chi connectivity index (χ1) is 31.1. The third kappa shape index (κ3) is 14.2. The summed E-state index contributed by atoms with van der Waals surface area (Å²) >= 11 is 0. The summed E-state index contributed by atoms with van der Waals surface area (Å²) in [5.41, 5.74) is 5.09. The Labute approximate surface area is 391 Å². The van der Waals surface area contributed by atoms with E-state index in [4.69, 9.17) is 13.9 Å². The fraction of sp³-hybridized carbons (Fsp3) is 0.520. The Kier molecular flexibility index (Phi) is 19.1. The van der Waals surface area contributed by atoms with Crippen LogP contribution in [0.1, 0.15) is 90.8 Å². The lowest BCUT2D eigenvalue weighted by Crippen LogP contribution is -2.62. The average Bonchev–Trinajstić information content (AvgIpc) is 3.59. The van der Waals surface area contributed by atoms with E-state index in [9.17, 15) is 33.9 Å². The van der Waals surface area contributed by atoms with Gasteiger partial charge in [0.15, 0.2) is 8.32 Å². The molecule has 5 amide bonds. The molecule has 66 heavy (non-hydrogen) atoms. The highest BCUT2D eigenvalue weighted by Gasteiger charge is 2.42. The molecule has 0 aromatic heterocycles. The number of carboxylic acids is 1. The Morgan fingerprint density at radius 1 is 0.758 bits per heavy atom. The van der Waals surface area contributed by atoms with E-state index in [0.29, 0.717) is 6.42 Å². The van der Waals surface area contributed by atoms with E-state index < -0.39 is 86.7 Å². The molecule has 0 saturated carbocycles. The Morgan fingerprint density at radius 2 is 1.32 bits per heavy atom. The van der Waals surface area contributed by atoms with E-state index >= 15 is 0 Å². The number of hydrogen-bond donors (Lipinski definition) is 5. The number of amides is 5. The normalized spacial score (nSPS) is 15.2. The number of nitrogens with one attached hydrogen (secondary N) is 4. The summed E-state index contributed by atoms with van der Waals surface area (Å²) in [6.45, 7) is 18.3. The van der Waals surface area contributed by atoms with E-state index in [1.165, 1.54) is 11.9 Å². The van der Waals surface area contributed by atoms with Crippen molar-refractivity contribution in [3.63, 3.8) is 0 Å². The van der Waals surface area contributed by atoms with Crippen molar-refractivity contribution in [1.29, 1.82) is 0 Å². The van der Waals surface area contributed by atoms with Gasteiger partial charge in [-0.05, 0) is 71.1 Å². The summed E-state index contributed by atoms with van der Waals surface area (Å²) in [6.07, 6.45) is -0.863. The molecule has 1 aliphatic carbocycles. The minimum Gasteiger partial charge on any atom is -0.480 e. The minimum absolute atomic E-state index is 0.0287. The Balaban J connectivity index is 1.56. The zero-order chi connectivity index (χ0) is 48.9. The molecule has 0 heterocycles. The van der Waals surface area contributed by atoms with Crippen molar-refractivity contribution in [2.45, 2.75) is 129 Å². The van der Waals surface area contributed by atoms with Crippen molar-refractivity contribution >= 4 is 44.0 Å². The maximum atomic E-state index is 14.4. The summed E-state index contributed by atoms with van der Waals surface area (Å²) < 4.78 is 18.4. The van der Waals surface area contributed by atoms with Gasteiger partial charge in [-0.1, -0.05) is 134 Å². The monoisotopic (exact) mass is 929 g/mol. The van der Waals surface area contributed by atoms with E-state index in [-0.39, 0.29) is 43.1 Å². The van der Waals surface area contributed by atoms with Crippen molar-refractivity contribution < 1.29 is 47.8 Å². The first-order valence-electron chi connectivity index (χ1n) is 22.8. The second-order valence-electron chi connectivity index (χ2n) is 19.2. The maximum Gasteiger partial charge on any atom is 0.410 e. The second-order valence-corrected chi connectivity index (χ2v) is 23.9. The van der Waals surface area contributed by atoms with Crippen molar-refractivity contribution in [1.82, 2.24) is 26.2 Å². The standard InChI is InChI=1S/C50H71N5O10Si/c1-12-32(4)43(53-46(59)41(26-31(2)3)55(9)49(62)64-29-39-37-24-18-16-22-35(37)36-23-17-19-25-38(36)39)48(61)52-40(30-63-28-34-20-14-13-15-21-34)45(58)54-44(47(60)51-27-42(56)57)33(5)65-66(10,11)50(6,7)8/h13-25,31-33,39-41,43-44H,12,26-30H2,1-11H3,(H,51,60)(H,52,61)(H,53,59)(H,54,58)(H,56,57)/t32-,33+,40+,41+,43+,44+/m1/s1. The maximum absolute atomic E-state index is 14.4. The third-order valence-corrected chi connectivity index (χ3v) is 17.2. The first-order valence-corrected chi connectivity index (χ1v) is 25.7. The fourth-order valence-corrected chi connectivity index (χ4v) is 9.03. The number of nitrogens with zero attached hydrogens (tertiary/aromatic N) is 1. The van der Waals surface area contributed by atoms with Gasteiger partial charge in [-0.25, -0.2) is 4.79 Å². The SMILES string of the molecule is CC[C@@H](C)[C@H](NC(=O)[C@H](CC(C)C)N(C)C(=O)OCC1c2ccccc2-c2ccccc21)C(=O)N[C@@H](COCc1ccccc1)C(=O)N[C@H](C(=O)NCC(=O)O)[C@H](C)O[Si](C)(C)C(C)(C)C. The molecule has 3 aromatic carbocycles. The molecule has 360 valence electrons. The number of carbonyl (C=O) groups is 6. The lowest BCUT2D eigenvalue weighted by Gasteiger charge is -2.40. The van der Waals surface area contributed by atoms with Crippen LogP contribution in [-0.4, -0.2) is 111 Å². The van der Waals surface area contributed by atoms with Gasteiger partial charge in [-0.3, -0.25) is 28.9 Å². The van der Waals surface area contributed by atoms with E-state index in [2.05, 4.69) is 21.3 Å². The van der Waals surface area contributed by atoms with Crippen LogP contribution in [0.2, 0.25) is 18.1 Å². The average molecular weight is 930 g/mol. The number of hydrogen-bond acceptors (Lipinski definition) is 9. The van der Waals surface area contributed by atoms with Crippen LogP contribution in [0, 0.1) is 11.8 Å². The van der Waals surface area contributed by atoms with Gasteiger partial charge < -0.3 is 40.3 Å². The number of carbonyl (C=O) groups excluding carboxylic acids is 5. The van der Waals surface area contributed by atoms with Crippen LogP contribution in [0.15, 0.2) is 78.9 Å². The molecule has 0 aliphatic heterocycles. The Morgan fingerprint density at radius 3 is 1.86 bits per heavy atom. The molecule has 0 unspecified atom stereocenters. The molecule has 0 fully saturated rings. The van der Waals surface area contributed by atoms with Gasteiger partial charge in [0.05, 0.1) is 19.3 Å². The lowest BCUT2D eigenvalue weighted by molar-refractivity contribution is -0.139. The molecule has 6 atom stereocenters. The molecule has 0 bridgehead atoms. The fourth-order valence-electron chi connectivity index (χ4n) is 7.61. The molecule has 0 spiro atoms. The molecule has 5 N–H and O–H groups in total. The molecule has 1 aliphatic rings. The number of rotatable bonds is 23. The van der Waals surface area contributed by atoms with Crippen LogP contribution in [0.3, 0.4) is 0 Å². The highest BCUT2D eigenvalue weighted by Crippen LogP contribution is 2.44. The van der Waals surface area contributed by atoms with Crippen LogP contribution in [0.5, 0.6) is 0 Å². The van der Waals surface area contributed by atoms with E-state index in [1.807, 2.05) is 133 Å². The molecular weight excluding hydrogens is 859 g/mol. The zero-order valence-corrected chi connectivity index (χ0v) is 41.4. The van der Waals surface area contributed by atoms with Crippen molar-refractivity contribution in [2.24, 2.45) is 11.8 Å². The van der Waals surface area contributed by atoms with Crippen molar-refractivity contribution in [2.75, 3.05) is 26.8 Å². The number of ether oxygens (including phenoxy) is 2. The van der Waals surface area contributed by atoms with Crippen molar-refractivity contribution in [3.05, 3.63) is 95.6 Å². The van der Waals surface area contributed by atoms with E-state index in [1.54, 1.807) is 13.8 Å². The van der Waals surface area contributed by atoms with Crippen molar-refractivity contribution in [3.8, 4) is 11.1 Å². The number of likely N-dealkylation sites (N-methyl/N-ethyl adjacent to an activating group) is 1. The van der Waals surface area contributed by atoms with Gasteiger partial charge in [-0.15, -0.1) is 0 Å². The predicted octanol–water partition coefficient (Wildman–Crippen LogP) is 6.61. The van der Waals surface area contributed by atoms with Crippen LogP contribution in [-0.2, 0) is 44.5 Å². The molecular formula is C50H71N5O10Si. The molecule has 0 radical (unpaired) electrons. The second kappa shape index (κ2) is 23.7. The summed E-state index contributed by atoms with van der Waals surface area (Å²) in [6, 6.07) is 20.3. The summed E-state index contributed by atoms with van der Waals surface area (Å²) in [5.74, 6) is -4.76. The molecule has 3 aromatic rings. The van der Waals surface area contributed by atoms with Gasteiger partial charge in [0, 0.05) is 13.0 Å². The molecule has 16 heteroatoms. The van der Waals surface area contributed by atoms with Crippen LogP contribution in [0.4, 0.5) is 4.79 Å². The number of benzene rings is 3. The summed E-state index contributed by atoms with van der Waals surface area (Å²) in [7, 11) is -1.01. The smallest absolute Gasteiger partial charge is 0.410 e. The first kappa shape index (κ1) is 53.0.